The number of hydrogen-bond acceptors (Lipinski definition) is 4. The Morgan fingerprint density at radius 3 is 2.17 bits per heavy atom. The maximum absolute atomic E-state index is 12.3. The second-order valence-electron chi connectivity index (χ2n) is 6.86. The van der Waals surface area contributed by atoms with Gasteiger partial charge >= 0.3 is 0 Å². The third-order valence-corrected chi connectivity index (χ3v) is 5.66. The summed E-state index contributed by atoms with van der Waals surface area (Å²) in [5, 5.41) is 5.87. The van der Waals surface area contributed by atoms with Crippen LogP contribution in [0, 0.1) is 6.92 Å². The first-order valence-electron chi connectivity index (χ1n) is 10.0. The van der Waals surface area contributed by atoms with Crippen LogP contribution in [0.3, 0.4) is 0 Å². The SMILES string of the molecule is CCN(CC)[C@H](CNC(=O)CSCC(=O)Nc1ccc(C)cc1)c1ccccc1. The number of carbonyl (C=O) groups excluding carboxylic acids is 2. The van der Waals surface area contributed by atoms with E-state index in [1.54, 1.807) is 0 Å². The second-order valence-corrected chi connectivity index (χ2v) is 7.84. The van der Waals surface area contributed by atoms with E-state index >= 15 is 0 Å². The normalized spacial score (nSPS) is 11.9. The molecule has 0 bridgehead atoms. The van der Waals surface area contributed by atoms with Crippen LogP contribution < -0.4 is 10.6 Å². The predicted octanol–water partition coefficient (Wildman–Crippen LogP) is 3.87. The Bertz CT molecular complexity index is 761. The zero-order valence-corrected chi connectivity index (χ0v) is 18.3. The second kappa shape index (κ2) is 12.3. The smallest absolute Gasteiger partial charge is 0.234 e. The summed E-state index contributed by atoms with van der Waals surface area (Å²) < 4.78 is 0. The van der Waals surface area contributed by atoms with Crippen molar-refractivity contribution < 1.29 is 9.59 Å². The lowest BCUT2D eigenvalue weighted by molar-refractivity contribution is -0.118. The molecule has 0 saturated carbocycles. The van der Waals surface area contributed by atoms with E-state index in [9.17, 15) is 9.59 Å². The number of nitrogens with one attached hydrogen (secondary N) is 2. The first-order valence-corrected chi connectivity index (χ1v) is 11.2. The Labute approximate surface area is 178 Å². The fourth-order valence-corrected chi connectivity index (χ4v) is 3.78. The molecule has 6 heteroatoms. The first kappa shape index (κ1) is 23.0. The van der Waals surface area contributed by atoms with E-state index in [0.29, 0.717) is 6.54 Å². The van der Waals surface area contributed by atoms with Crippen molar-refractivity contribution >= 4 is 29.3 Å². The molecule has 0 fully saturated rings. The maximum Gasteiger partial charge on any atom is 0.234 e. The largest absolute Gasteiger partial charge is 0.353 e. The van der Waals surface area contributed by atoms with Gasteiger partial charge < -0.3 is 10.6 Å². The van der Waals surface area contributed by atoms with Gasteiger partial charge in [-0.1, -0.05) is 61.9 Å². The number of carbonyl (C=O) groups is 2. The number of nitrogens with zero attached hydrogens (tertiary/aromatic N) is 1. The molecular weight excluding hydrogens is 382 g/mol. The van der Waals surface area contributed by atoms with E-state index in [1.165, 1.54) is 17.3 Å². The van der Waals surface area contributed by atoms with Crippen molar-refractivity contribution in [2.24, 2.45) is 0 Å². The molecule has 2 aromatic rings. The topological polar surface area (TPSA) is 61.4 Å². The number of hydrogen-bond donors (Lipinski definition) is 2. The van der Waals surface area contributed by atoms with Crippen LogP contribution in [-0.2, 0) is 9.59 Å². The van der Waals surface area contributed by atoms with Crippen molar-refractivity contribution in [3.05, 3.63) is 65.7 Å². The van der Waals surface area contributed by atoms with Gasteiger partial charge in [-0.2, -0.15) is 0 Å². The average molecular weight is 414 g/mol. The molecule has 2 aromatic carbocycles. The molecule has 2 amide bonds. The Morgan fingerprint density at radius 1 is 0.931 bits per heavy atom. The number of rotatable bonds is 11. The highest BCUT2D eigenvalue weighted by Gasteiger charge is 2.18. The van der Waals surface area contributed by atoms with Gasteiger partial charge in [0.05, 0.1) is 17.5 Å². The van der Waals surface area contributed by atoms with Crippen LogP contribution in [0.2, 0.25) is 0 Å². The molecule has 0 radical (unpaired) electrons. The van der Waals surface area contributed by atoms with Gasteiger partial charge in [0.1, 0.15) is 0 Å². The molecule has 0 aromatic heterocycles. The molecule has 0 heterocycles. The van der Waals surface area contributed by atoms with Crippen LogP contribution in [0.4, 0.5) is 5.69 Å². The Balaban J connectivity index is 1.77. The van der Waals surface area contributed by atoms with E-state index in [0.717, 1.165) is 24.3 Å². The monoisotopic (exact) mass is 413 g/mol. The first-order chi connectivity index (χ1) is 14.0. The van der Waals surface area contributed by atoms with Gasteiger partial charge in [-0.05, 0) is 37.7 Å². The van der Waals surface area contributed by atoms with Crippen LogP contribution >= 0.6 is 11.8 Å². The van der Waals surface area contributed by atoms with E-state index in [-0.39, 0.29) is 29.4 Å². The predicted molar refractivity (Wildman–Crippen MR) is 122 cm³/mol. The number of amides is 2. The molecule has 0 saturated heterocycles. The number of likely N-dealkylation sites (N-methyl/N-ethyl adjacent to an activating group) is 1. The highest BCUT2D eigenvalue weighted by atomic mass is 32.2. The van der Waals surface area contributed by atoms with Gasteiger partial charge in [0.15, 0.2) is 0 Å². The molecule has 0 aliphatic rings. The standard InChI is InChI=1S/C23H31N3O2S/c1-4-26(5-2)21(19-9-7-6-8-10-19)15-24-22(27)16-29-17-23(28)25-20-13-11-18(3)12-14-20/h6-14,21H,4-5,15-17H2,1-3H3,(H,24,27)(H,25,28)/t21-/m1/s1. The Kier molecular flexibility index (Phi) is 9.74. The summed E-state index contributed by atoms with van der Waals surface area (Å²) in [4.78, 5) is 26.6. The van der Waals surface area contributed by atoms with Crippen molar-refractivity contribution in [2.75, 3.05) is 36.5 Å². The quantitative estimate of drug-likeness (QED) is 0.587. The van der Waals surface area contributed by atoms with Crippen LogP contribution in [0.1, 0.15) is 31.0 Å². The summed E-state index contributed by atoms with van der Waals surface area (Å²) in [6.45, 7) is 8.65. The van der Waals surface area contributed by atoms with Crippen LogP contribution in [0.25, 0.3) is 0 Å². The minimum absolute atomic E-state index is 0.0498. The van der Waals surface area contributed by atoms with Crippen LogP contribution in [-0.4, -0.2) is 47.9 Å². The van der Waals surface area contributed by atoms with E-state index in [1.807, 2.05) is 49.4 Å². The van der Waals surface area contributed by atoms with Gasteiger partial charge in [-0.25, -0.2) is 0 Å². The molecular formula is C23H31N3O2S. The molecule has 0 aliphatic heterocycles. The zero-order chi connectivity index (χ0) is 21.1. The van der Waals surface area contributed by atoms with Crippen molar-refractivity contribution in [1.29, 1.82) is 0 Å². The van der Waals surface area contributed by atoms with Crippen molar-refractivity contribution in [3.63, 3.8) is 0 Å². The molecule has 156 valence electrons. The highest BCUT2D eigenvalue weighted by Crippen LogP contribution is 2.19. The third kappa shape index (κ3) is 7.91. The molecule has 2 rings (SSSR count). The Hall–Kier alpha value is -2.31. The molecule has 1 atom stereocenters. The van der Waals surface area contributed by atoms with Gasteiger partial charge in [-0.15, -0.1) is 11.8 Å². The average Bonchev–Trinajstić information content (AvgIpc) is 2.73. The number of aryl methyl sites for hydroxylation is 1. The van der Waals surface area contributed by atoms with E-state index in [2.05, 4.69) is 41.5 Å². The number of anilines is 1. The number of benzene rings is 2. The summed E-state index contributed by atoms with van der Waals surface area (Å²) in [7, 11) is 0. The van der Waals surface area contributed by atoms with Crippen LogP contribution in [0.5, 0.6) is 0 Å². The summed E-state index contributed by atoms with van der Waals surface area (Å²) in [6, 6.07) is 18.0. The van der Waals surface area contributed by atoms with Crippen molar-refractivity contribution in [3.8, 4) is 0 Å². The summed E-state index contributed by atoms with van der Waals surface area (Å²) in [6.07, 6.45) is 0. The summed E-state index contributed by atoms with van der Waals surface area (Å²) >= 11 is 1.32. The highest BCUT2D eigenvalue weighted by molar-refractivity contribution is 8.00. The third-order valence-electron chi connectivity index (χ3n) is 4.73. The molecule has 29 heavy (non-hydrogen) atoms. The Morgan fingerprint density at radius 2 is 1.55 bits per heavy atom. The number of thioether (sulfide) groups is 1. The summed E-state index contributed by atoms with van der Waals surface area (Å²) in [5.41, 5.74) is 3.12. The van der Waals surface area contributed by atoms with Gasteiger partial charge in [0.2, 0.25) is 11.8 Å². The lowest BCUT2D eigenvalue weighted by atomic mass is 10.1. The van der Waals surface area contributed by atoms with Gasteiger partial charge in [0.25, 0.3) is 0 Å². The molecule has 0 unspecified atom stereocenters. The minimum atomic E-state index is -0.100. The lowest BCUT2D eigenvalue weighted by Crippen LogP contribution is -2.38. The van der Waals surface area contributed by atoms with Crippen molar-refractivity contribution in [2.45, 2.75) is 26.8 Å². The molecule has 2 N–H and O–H groups in total. The fourth-order valence-electron chi connectivity index (χ4n) is 3.13. The van der Waals surface area contributed by atoms with Crippen molar-refractivity contribution in [1.82, 2.24) is 10.2 Å². The van der Waals surface area contributed by atoms with E-state index < -0.39 is 0 Å². The minimum Gasteiger partial charge on any atom is -0.353 e. The molecule has 5 nitrogen and oxygen atoms in total. The summed E-state index contributed by atoms with van der Waals surface area (Å²) in [5.74, 6) is 0.365. The fraction of sp³-hybridized carbons (Fsp3) is 0.391. The van der Waals surface area contributed by atoms with Crippen LogP contribution in [0.15, 0.2) is 54.6 Å². The molecule has 0 aliphatic carbocycles. The van der Waals surface area contributed by atoms with Gasteiger partial charge in [-0.3, -0.25) is 14.5 Å². The van der Waals surface area contributed by atoms with Gasteiger partial charge in [0, 0.05) is 12.2 Å². The lowest BCUT2D eigenvalue weighted by Gasteiger charge is -2.30. The molecule has 0 spiro atoms. The maximum atomic E-state index is 12.3. The van der Waals surface area contributed by atoms with E-state index in [4.69, 9.17) is 0 Å². The zero-order valence-electron chi connectivity index (χ0n) is 17.5.